The van der Waals surface area contributed by atoms with Crippen LogP contribution in [-0.4, -0.2) is 28.2 Å². The number of nitrogens with one attached hydrogen (secondary N) is 3. The lowest BCUT2D eigenvalue weighted by Gasteiger charge is -2.23. The van der Waals surface area contributed by atoms with Gasteiger partial charge in [0.05, 0.1) is 10.7 Å². The molecule has 0 saturated carbocycles. The molecule has 32 heavy (non-hydrogen) atoms. The number of amides is 3. The van der Waals surface area contributed by atoms with E-state index in [4.69, 9.17) is 23.2 Å². The molecule has 0 aliphatic carbocycles. The van der Waals surface area contributed by atoms with Gasteiger partial charge in [0.2, 0.25) is 11.0 Å². The van der Waals surface area contributed by atoms with Crippen LogP contribution in [0.15, 0.2) is 42.5 Å². The van der Waals surface area contributed by atoms with E-state index in [0.29, 0.717) is 27.7 Å². The number of carbonyl (C=O) groups excluding carboxylic acids is 2. The number of hydrogen-bond acceptors (Lipinski definition) is 5. The first kappa shape index (κ1) is 23.9. The molecule has 0 aliphatic rings. The van der Waals surface area contributed by atoms with Crippen molar-refractivity contribution in [2.45, 2.75) is 26.3 Å². The van der Waals surface area contributed by atoms with Gasteiger partial charge in [0, 0.05) is 10.6 Å². The van der Waals surface area contributed by atoms with Crippen molar-refractivity contribution in [1.82, 2.24) is 15.5 Å². The zero-order valence-corrected chi connectivity index (χ0v) is 19.5. The predicted octanol–water partition coefficient (Wildman–Crippen LogP) is 5.83. The van der Waals surface area contributed by atoms with Crippen molar-refractivity contribution < 1.29 is 14.0 Å². The molecule has 0 bridgehead atoms. The minimum absolute atomic E-state index is 0.161. The number of carbonyl (C=O) groups is 2. The molecule has 0 spiro atoms. The molecular formula is C21H20Cl2FN5O2S. The van der Waals surface area contributed by atoms with Crippen LogP contribution in [0.3, 0.4) is 0 Å². The van der Waals surface area contributed by atoms with Gasteiger partial charge in [0.25, 0.3) is 0 Å². The second-order valence-corrected chi connectivity index (χ2v) is 8.82. The summed E-state index contributed by atoms with van der Waals surface area (Å²) in [6.45, 7) is 3.77. The van der Waals surface area contributed by atoms with E-state index in [9.17, 15) is 14.0 Å². The molecule has 1 aromatic heterocycles. The highest BCUT2D eigenvalue weighted by Gasteiger charge is 2.27. The zero-order valence-electron chi connectivity index (χ0n) is 17.2. The maximum Gasteiger partial charge on any atom is 0.319 e. The highest BCUT2D eigenvalue weighted by atomic mass is 35.5. The van der Waals surface area contributed by atoms with Crippen LogP contribution in [0.1, 0.15) is 20.3 Å². The van der Waals surface area contributed by atoms with Crippen molar-refractivity contribution in [2.24, 2.45) is 5.92 Å². The molecule has 3 aromatic rings. The third-order valence-electron chi connectivity index (χ3n) is 4.71. The summed E-state index contributed by atoms with van der Waals surface area (Å²) in [5.41, 5.74) is 1.05. The standard InChI is InChI=1S/C21H20Cl2FN5O2S/c1-3-11(2)17(26-20(31)25-16-9-6-13(22)10-15(16)23)18(30)27-21-29-28-19(32-21)12-4-7-14(24)8-5-12/h4-11,17H,3H2,1-2H3,(H2,25,26,31)(H,27,29,30)/t11-,17+/m0/s1. The minimum atomic E-state index is -0.829. The lowest BCUT2D eigenvalue weighted by atomic mass is 9.98. The molecule has 168 valence electrons. The fraction of sp³-hybridized carbons (Fsp3) is 0.238. The van der Waals surface area contributed by atoms with Crippen LogP contribution < -0.4 is 16.0 Å². The molecule has 3 amide bonds. The number of urea groups is 1. The predicted molar refractivity (Wildman–Crippen MR) is 126 cm³/mol. The Morgan fingerprint density at radius 3 is 2.47 bits per heavy atom. The topological polar surface area (TPSA) is 96.0 Å². The van der Waals surface area contributed by atoms with Crippen LogP contribution in [-0.2, 0) is 4.79 Å². The fourth-order valence-electron chi connectivity index (χ4n) is 2.76. The molecule has 2 aromatic carbocycles. The van der Waals surface area contributed by atoms with Crippen molar-refractivity contribution in [1.29, 1.82) is 0 Å². The van der Waals surface area contributed by atoms with Gasteiger partial charge in [0.15, 0.2) is 0 Å². The highest BCUT2D eigenvalue weighted by molar-refractivity contribution is 7.18. The van der Waals surface area contributed by atoms with E-state index in [2.05, 4.69) is 26.1 Å². The molecule has 0 saturated heterocycles. The van der Waals surface area contributed by atoms with Crippen molar-refractivity contribution in [3.05, 3.63) is 58.3 Å². The van der Waals surface area contributed by atoms with Gasteiger partial charge in [-0.1, -0.05) is 54.8 Å². The summed E-state index contributed by atoms with van der Waals surface area (Å²) in [7, 11) is 0. The summed E-state index contributed by atoms with van der Waals surface area (Å²) in [6, 6.07) is 9.06. The average Bonchev–Trinajstić information content (AvgIpc) is 3.22. The van der Waals surface area contributed by atoms with Gasteiger partial charge in [-0.3, -0.25) is 10.1 Å². The van der Waals surface area contributed by atoms with Gasteiger partial charge >= 0.3 is 6.03 Å². The van der Waals surface area contributed by atoms with Crippen LogP contribution in [0.2, 0.25) is 10.0 Å². The smallest absolute Gasteiger partial charge is 0.319 e. The number of aromatic nitrogens is 2. The maximum atomic E-state index is 13.1. The van der Waals surface area contributed by atoms with Gasteiger partial charge in [0.1, 0.15) is 16.9 Å². The number of hydrogen-bond donors (Lipinski definition) is 3. The Bertz CT molecular complexity index is 1110. The average molecular weight is 496 g/mol. The first-order valence-corrected chi connectivity index (χ1v) is 11.3. The lowest BCUT2D eigenvalue weighted by molar-refractivity contribution is -0.119. The van der Waals surface area contributed by atoms with E-state index in [1.54, 1.807) is 24.3 Å². The molecule has 0 aliphatic heterocycles. The summed E-state index contributed by atoms with van der Waals surface area (Å²) in [5, 5.41) is 17.5. The van der Waals surface area contributed by atoms with Crippen LogP contribution in [0.4, 0.5) is 20.0 Å². The number of halogens is 3. The monoisotopic (exact) mass is 495 g/mol. The molecule has 7 nitrogen and oxygen atoms in total. The number of rotatable bonds is 7. The van der Waals surface area contributed by atoms with E-state index in [1.165, 1.54) is 18.2 Å². The largest absolute Gasteiger partial charge is 0.326 e. The van der Waals surface area contributed by atoms with Crippen LogP contribution in [0.25, 0.3) is 10.6 Å². The van der Waals surface area contributed by atoms with E-state index in [1.807, 2.05) is 13.8 Å². The number of anilines is 2. The van der Waals surface area contributed by atoms with E-state index < -0.39 is 18.0 Å². The maximum absolute atomic E-state index is 13.1. The van der Waals surface area contributed by atoms with Gasteiger partial charge < -0.3 is 10.6 Å². The lowest BCUT2D eigenvalue weighted by Crippen LogP contribution is -2.49. The molecular weight excluding hydrogens is 476 g/mol. The summed E-state index contributed by atoms with van der Waals surface area (Å²) in [6.07, 6.45) is 0.650. The number of nitrogens with zero attached hydrogens (tertiary/aromatic N) is 2. The molecule has 0 radical (unpaired) electrons. The van der Waals surface area contributed by atoms with Crippen molar-refractivity contribution >= 4 is 57.3 Å². The summed E-state index contributed by atoms with van der Waals surface area (Å²) >= 11 is 13.1. The van der Waals surface area contributed by atoms with Crippen molar-refractivity contribution in [3.8, 4) is 10.6 Å². The minimum Gasteiger partial charge on any atom is -0.326 e. The summed E-state index contributed by atoms with van der Waals surface area (Å²) in [5.74, 6) is -0.947. The molecule has 0 fully saturated rings. The summed E-state index contributed by atoms with van der Waals surface area (Å²) < 4.78 is 13.1. The Kier molecular flexibility index (Phi) is 8.00. The molecule has 3 N–H and O–H groups in total. The van der Waals surface area contributed by atoms with Gasteiger partial charge in [-0.2, -0.15) is 0 Å². The molecule has 3 rings (SSSR count). The highest BCUT2D eigenvalue weighted by Crippen LogP contribution is 2.27. The first-order chi connectivity index (χ1) is 15.3. The van der Waals surface area contributed by atoms with Gasteiger partial charge in [-0.25, -0.2) is 9.18 Å². The molecule has 0 unspecified atom stereocenters. The van der Waals surface area contributed by atoms with Crippen LogP contribution in [0.5, 0.6) is 0 Å². The Balaban J connectivity index is 1.68. The molecule has 1 heterocycles. The quantitative estimate of drug-likeness (QED) is 0.384. The Morgan fingerprint density at radius 1 is 1.09 bits per heavy atom. The second kappa shape index (κ2) is 10.7. The second-order valence-electron chi connectivity index (χ2n) is 6.99. The first-order valence-electron chi connectivity index (χ1n) is 9.69. The number of benzene rings is 2. The van der Waals surface area contributed by atoms with Crippen molar-refractivity contribution in [3.63, 3.8) is 0 Å². The SMILES string of the molecule is CC[C@H](C)[C@@H](NC(=O)Nc1ccc(Cl)cc1Cl)C(=O)Nc1nnc(-c2ccc(F)cc2)s1. The van der Waals surface area contributed by atoms with Crippen molar-refractivity contribution in [2.75, 3.05) is 10.6 Å². The van der Waals surface area contributed by atoms with E-state index in [0.717, 1.165) is 11.3 Å². The molecule has 2 atom stereocenters. The Morgan fingerprint density at radius 2 is 1.81 bits per heavy atom. The fourth-order valence-corrected chi connectivity index (χ4v) is 3.97. The van der Waals surface area contributed by atoms with Crippen LogP contribution in [0, 0.1) is 11.7 Å². The van der Waals surface area contributed by atoms with E-state index >= 15 is 0 Å². The Labute approximate surface area is 198 Å². The Hall–Kier alpha value is -2.75. The third-order valence-corrected chi connectivity index (χ3v) is 6.14. The normalized spacial score (nSPS) is 12.7. The summed E-state index contributed by atoms with van der Waals surface area (Å²) in [4.78, 5) is 25.4. The van der Waals surface area contributed by atoms with Gasteiger partial charge in [-0.15, -0.1) is 10.2 Å². The third kappa shape index (κ3) is 6.15. The van der Waals surface area contributed by atoms with Gasteiger partial charge in [-0.05, 0) is 48.4 Å². The van der Waals surface area contributed by atoms with E-state index in [-0.39, 0.29) is 21.9 Å². The zero-order chi connectivity index (χ0) is 23.3. The van der Waals surface area contributed by atoms with Crippen LogP contribution >= 0.6 is 34.5 Å². The molecule has 11 heteroatoms.